The minimum Gasteiger partial charge on any atom is -0.495 e. The van der Waals surface area contributed by atoms with Crippen molar-refractivity contribution >= 4 is 11.7 Å². The van der Waals surface area contributed by atoms with E-state index < -0.39 is 0 Å². The zero-order valence-electron chi connectivity index (χ0n) is 12.9. The molecule has 1 unspecified atom stereocenters. The van der Waals surface area contributed by atoms with Gasteiger partial charge in [-0.2, -0.15) is 0 Å². The summed E-state index contributed by atoms with van der Waals surface area (Å²) >= 11 is 0. The summed E-state index contributed by atoms with van der Waals surface area (Å²) in [4.78, 5) is 14.4. The highest BCUT2D eigenvalue weighted by Gasteiger charge is 2.21. The molecule has 1 aliphatic rings. The van der Waals surface area contributed by atoms with Crippen LogP contribution in [0, 0.1) is 0 Å². The van der Waals surface area contributed by atoms with E-state index in [9.17, 15) is 4.79 Å². The lowest BCUT2D eigenvalue weighted by atomic mass is 10.2. The van der Waals surface area contributed by atoms with E-state index in [0.717, 1.165) is 32.5 Å². The first-order valence-electron chi connectivity index (χ1n) is 7.67. The molecular weight excluding hydrogens is 266 g/mol. The van der Waals surface area contributed by atoms with Gasteiger partial charge in [-0.15, -0.1) is 0 Å². The minimum atomic E-state index is -0.0601. The van der Waals surface area contributed by atoms with E-state index in [2.05, 4.69) is 17.6 Å². The summed E-state index contributed by atoms with van der Waals surface area (Å²) in [5.74, 6) is 0.682. The number of hydrogen-bond acceptors (Lipinski definition) is 3. The van der Waals surface area contributed by atoms with Gasteiger partial charge in [-0.25, -0.2) is 4.79 Å². The van der Waals surface area contributed by atoms with Crippen molar-refractivity contribution in [1.29, 1.82) is 0 Å². The van der Waals surface area contributed by atoms with Crippen molar-refractivity contribution in [2.24, 2.45) is 0 Å². The molecule has 2 amide bonds. The fraction of sp³-hybridized carbons (Fsp3) is 0.562. The first kappa shape index (κ1) is 15.6. The normalized spacial score (nSPS) is 17.5. The summed E-state index contributed by atoms with van der Waals surface area (Å²) in [6.45, 7) is 4.66. The van der Waals surface area contributed by atoms with E-state index in [0.29, 0.717) is 17.5 Å². The van der Waals surface area contributed by atoms with Crippen LogP contribution in [0.3, 0.4) is 0 Å². The molecule has 5 nitrogen and oxygen atoms in total. The molecule has 0 aliphatic carbocycles. The number of hydrogen-bond donors (Lipinski definition) is 2. The van der Waals surface area contributed by atoms with E-state index >= 15 is 0 Å². The molecule has 116 valence electrons. The highest BCUT2D eigenvalue weighted by atomic mass is 16.5. The van der Waals surface area contributed by atoms with E-state index in [1.165, 1.54) is 6.42 Å². The molecule has 1 atom stereocenters. The average Bonchev–Trinajstić information content (AvgIpc) is 3.00. The molecular formula is C16H25N3O2. The van der Waals surface area contributed by atoms with Gasteiger partial charge in [-0.1, -0.05) is 19.1 Å². The van der Waals surface area contributed by atoms with Gasteiger partial charge in [0, 0.05) is 19.1 Å². The molecule has 5 heteroatoms. The average molecular weight is 291 g/mol. The number of nitrogens with one attached hydrogen (secondary N) is 2. The van der Waals surface area contributed by atoms with Crippen molar-refractivity contribution in [1.82, 2.24) is 10.2 Å². The van der Waals surface area contributed by atoms with Crippen molar-refractivity contribution in [2.75, 3.05) is 32.1 Å². The van der Waals surface area contributed by atoms with Crippen LogP contribution in [0.1, 0.15) is 26.2 Å². The SMILES string of the molecule is CCCN(CC1CCCN1)C(=O)Nc1ccccc1OC. The largest absolute Gasteiger partial charge is 0.495 e. The van der Waals surface area contributed by atoms with Gasteiger partial charge >= 0.3 is 6.03 Å². The number of carbonyl (C=O) groups excluding carboxylic acids is 1. The number of anilines is 1. The second-order valence-electron chi connectivity index (χ2n) is 5.37. The van der Waals surface area contributed by atoms with Crippen LogP contribution in [0.4, 0.5) is 10.5 Å². The van der Waals surface area contributed by atoms with Crippen LogP contribution in [-0.2, 0) is 0 Å². The van der Waals surface area contributed by atoms with Gasteiger partial charge in [0.25, 0.3) is 0 Å². The monoisotopic (exact) mass is 291 g/mol. The van der Waals surface area contributed by atoms with Gasteiger partial charge in [-0.05, 0) is 37.9 Å². The summed E-state index contributed by atoms with van der Waals surface area (Å²) < 4.78 is 5.27. The lowest BCUT2D eigenvalue weighted by molar-refractivity contribution is 0.206. The maximum atomic E-state index is 12.5. The minimum absolute atomic E-state index is 0.0601. The van der Waals surface area contributed by atoms with Gasteiger partial charge in [0.15, 0.2) is 0 Å². The van der Waals surface area contributed by atoms with Gasteiger partial charge in [-0.3, -0.25) is 0 Å². The van der Waals surface area contributed by atoms with E-state index in [4.69, 9.17) is 4.74 Å². The van der Waals surface area contributed by atoms with Crippen LogP contribution in [0.15, 0.2) is 24.3 Å². The Labute approximate surface area is 126 Å². The smallest absolute Gasteiger partial charge is 0.322 e. The summed E-state index contributed by atoms with van der Waals surface area (Å²) in [7, 11) is 1.61. The Hall–Kier alpha value is -1.75. The van der Waals surface area contributed by atoms with Crippen molar-refractivity contribution in [3.63, 3.8) is 0 Å². The van der Waals surface area contributed by atoms with Gasteiger partial charge in [0.05, 0.1) is 12.8 Å². The number of ether oxygens (including phenoxy) is 1. The molecule has 0 spiro atoms. The quantitative estimate of drug-likeness (QED) is 0.847. The molecule has 2 rings (SSSR count). The molecule has 0 aromatic heterocycles. The Balaban J connectivity index is 2.00. The maximum Gasteiger partial charge on any atom is 0.322 e. The molecule has 21 heavy (non-hydrogen) atoms. The van der Waals surface area contributed by atoms with E-state index in [1.807, 2.05) is 29.2 Å². The lowest BCUT2D eigenvalue weighted by Crippen LogP contribution is -2.43. The van der Waals surface area contributed by atoms with E-state index in [1.54, 1.807) is 7.11 Å². The summed E-state index contributed by atoms with van der Waals surface area (Å²) in [6, 6.07) is 7.84. The van der Waals surface area contributed by atoms with Crippen LogP contribution in [0.2, 0.25) is 0 Å². The van der Waals surface area contributed by atoms with Crippen molar-refractivity contribution < 1.29 is 9.53 Å². The standard InChI is InChI=1S/C16H25N3O2/c1-3-11-19(12-13-7-6-10-17-13)16(20)18-14-8-4-5-9-15(14)21-2/h4-5,8-9,13,17H,3,6-7,10-12H2,1-2H3,(H,18,20). The number of nitrogens with zero attached hydrogens (tertiary/aromatic N) is 1. The van der Waals surface area contributed by atoms with Crippen molar-refractivity contribution in [2.45, 2.75) is 32.2 Å². The highest BCUT2D eigenvalue weighted by Crippen LogP contribution is 2.23. The summed E-state index contributed by atoms with van der Waals surface area (Å²) in [5, 5.41) is 6.39. The Morgan fingerprint density at radius 2 is 2.29 bits per heavy atom. The number of carbonyl (C=O) groups is 1. The first-order valence-corrected chi connectivity index (χ1v) is 7.67. The number of methoxy groups -OCH3 is 1. The van der Waals surface area contributed by atoms with Crippen LogP contribution in [0.25, 0.3) is 0 Å². The Bertz CT molecular complexity index is 459. The molecule has 1 aromatic carbocycles. The van der Waals surface area contributed by atoms with Gasteiger partial charge < -0.3 is 20.3 Å². The lowest BCUT2D eigenvalue weighted by Gasteiger charge is -2.26. The first-order chi connectivity index (χ1) is 10.2. The molecule has 0 radical (unpaired) electrons. The molecule has 1 heterocycles. The Morgan fingerprint density at radius 1 is 1.48 bits per heavy atom. The molecule has 1 saturated heterocycles. The number of amides is 2. The fourth-order valence-corrected chi connectivity index (χ4v) is 2.67. The number of rotatable bonds is 6. The molecule has 1 aromatic rings. The second kappa shape index (κ2) is 7.88. The van der Waals surface area contributed by atoms with Crippen LogP contribution in [-0.4, -0.2) is 43.7 Å². The summed E-state index contributed by atoms with van der Waals surface area (Å²) in [5.41, 5.74) is 0.713. The van der Waals surface area contributed by atoms with Crippen molar-refractivity contribution in [3.05, 3.63) is 24.3 Å². The predicted octanol–water partition coefficient (Wildman–Crippen LogP) is 2.69. The van der Waals surface area contributed by atoms with Gasteiger partial charge in [0.1, 0.15) is 5.75 Å². The predicted molar refractivity (Wildman–Crippen MR) is 84.9 cm³/mol. The Kier molecular flexibility index (Phi) is 5.87. The second-order valence-corrected chi connectivity index (χ2v) is 5.37. The maximum absolute atomic E-state index is 12.5. The zero-order chi connectivity index (χ0) is 15.1. The number of para-hydroxylation sites is 2. The van der Waals surface area contributed by atoms with E-state index in [-0.39, 0.29) is 6.03 Å². The third kappa shape index (κ3) is 4.36. The summed E-state index contributed by atoms with van der Waals surface area (Å²) in [6.07, 6.45) is 3.28. The molecule has 1 fully saturated rings. The van der Waals surface area contributed by atoms with Crippen LogP contribution in [0.5, 0.6) is 5.75 Å². The fourth-order valence-electron chi connectivity index (χ4n) is 2.67. The van der Waals surface area contributed by atoms with Crippen molar-refractivity contribution in [3.8, 4) is 5.75 Å². The number of urea groups is 1. The zero-order valence-corrected chi connectivity index (χ0v) is 12.9. The number of benzene rings is 1. The van der Waals surface area contributed by atoms with Crippen LogP contribution < -0.4 is 15.4 Å². The third-order valence-electron chi connectivity index (χ3n) is 3.73. The molecule has 2 N–H and O–H groups in total. The topological polar surface area (TPSA) is 53.6 Å². The van der Waals surface area contributed by atoms with Crippen LogP contribution >= 0.6 is 0 Å². The Morgan fingerprint density at radius 3 is 2.95 bits per heavy atom. The molecule has 0 saturated carbocycles. The molecule has 1 aliphatic heterocycles. The van der Waals surface area contributed by atoms with Gasteiger partial charge in [0.2, 0.25) is 0 Å². The highest BCUT2D eigenvalue weighted by molar-refractivity contribution is 5.91. The third-order valence-corrected chi connectivity index (χ3v) is 3.73. The molecule has 0 bridgehead atoms.